The van der Waals surface area contributed by atoms with E-state index in [-0.39, 0.29) is 10.9 Å². The number of rotatable bonds is 4. The van der Waals surface area contributed by atoms with Gasteiger partial charge in [0.05, 0.1) is 5.69 Å². The fourth-order valence-electron chi connectivity index (χ4n) is 2.27. The number of aryl methyl sites for hydroxylation is 1. The zero-order valence-electron chi connectivity index (χ0n) is 11.1. The fourth-order valence-corrected chi connectivity index (χ4v) is 4.00. The lowest BCUT2D eigenvalue weighted by Gasteiger charge is -2.25. The number of benzene rings is 1. The minimum absolute atomic E-state index is 0.0361. The van der Waals surface area contributed by atoms with E-state index in [1.54, 1.807) is 32.2 Å². The Balaban J connectivity index is 2.41. The first-order valence-corrected chi connectivity index (χ1v) is 7.63. The first-order chi connectivity index (χ1) is 8.35. The molecule has 0 bridgehead atoms. The maximum atomic E-state index is 12.6. The molecule has 0 spiro atoms. The highest BCUT2D eigenvalue weighted by Gasteiger charge is 2.37. The molecule has 0 aliphatic heterocycles. The van der Waals surface area contributed by atoms with E-state index in [9.17, 15) is 8.42 Å². The van der Waals surface area contributed by atoms with E-state index < -0.39 is 10.0 Å². The van der Waals surface area contributed by atoms with Crippen molar-refractivity contribution in [1.29, 1.82) is 0 Å². The van der Waals surface area contributed by atoms with Gasteiger partial charge in [-0.15, -0.1) is 0 Å². The Hall–Kier alpha value is -1.07. The van der Waals surface area contributed by atoms with Crippen LogP contribution in [0.1, 0.15) is 25.3 Å². The van der Waals surface area contributed by atoms with Crippen LogP contribution in [-0.4, -0.2) is 25.8 Å². The van der Waals surface area contributed by atoms with Crippen LogP contribution in [0.3, 0.4) is 0 Å². The van der Waals surface area contributed by atoms with Gasteiger partial charge in [-0.25, -0.2) is 8.42 Å². The molecule has 1 saturated carbocycles. The molecule has 1 aromatic carbocycles. The number of nitrogen functional groups attached to an aromatic ring is 1. The van der Waals surface area contributed by atoms with E-state index in [0.717, 1.165) is 12.8 Å². The van der Waals surface area contributed by atoms with E-state index in [0.29, 0.717) is 17.2 Å². The molecule has 0 saturated heterocycles. The maximum absolute atomic E-state index is 12.6. The summed E-state index contributed by atoms with van der Waals surface area (Å²) in [5, 5.41) is 0. The zero-order chi connectivity index (χ0) is 13.5. The molecule has 100 valence electrons. The topological polar surface area (TPSA) is 63.4 Å². The molecule has 0 radical (unpaired) electrons. The lowest BCUT2D eigenvalue weighted by molar-refractivity contribution is 0.357. The fraction of sp³-hybridized carbons (Fsp3) is 0.538. The van der Waals surface area contributed by atoms with Crippen LogP contribution in [0.25, 0.3) is 0 Å². The average Bonchev–Trinajstić information content (AvgIpc) is 3.10. The summed E-state index contributed by atoms with van der Waals surface area (Å²) in [4.78, 5) is 0.250. The summed E-state index contributed by atoms with van der Waals surface area (Å²) in [5.41, 5.74) is 6.85. The molecule has 0 heterocycles. The lowest BCUT2D eigenvalue weighted by Crippen LogP contribution is -2.37. The summed E-state index contributed by atoms with van der Waals surface area (Å²) < 4.78 is 26.6. The third-order valence-electron chi connectivity index (χ3n) is 3.76. The van der Waals surface area contributed by atoms with Crippen molar-refractivity contribution in [3.05, 3.63) is 23.8 Å². The van der Waals surface area contributed by atoms with E-state index in [2.05, 4.69) is 0 Å². The molecule has 0 amide bonds. The van der Waals surface area contributed by atoms with Gasteiger partial charge in [0.1, 0.15) is 4.90 Å². The van der Waals surface area contributed by atoms with E-state index in [4.69, 9.17) is 5.73 Å². The van der Waals surface area contributed by atoms with Gasteiger partial charge in [-0.1, -0.05) is 12.1 Å². The molecule has 2 rings (SSSR count). The smallest absolute Gasteiger partial charge is 0.245 e. The highest BCUT2D eigenvalue weighted by Crippen LogP contribution is 2.37. The second-order valence-electron chi connectivity index (χ2n) is 5.09. The van der Waals surface area contributed by atoms with Crippen molar-refractivity contribution in [2.45, 2.75) is 37.6 Å². The van der Waals surface area contributed by atoms with Crippen LogP contribution in [0.5, 0.6) is 0 Å². The molecule has 1 aromatic rings. The van der Waals surface area contributed by atoms with Gasteiger partial charge in [0, 0.05) is 13.1 Å². The Morgan fingerprint density at radius 2 is 2.00 bits per heavy atom. The van der Waals surface area contributed by atoms with Crippen LogP contribution >= 0.6 is 0 Å². The number of nitrogens with two attached hydrogens (primary N) is 1. The largest absolute Gasteiger partial charge is 0.398 e. The first kappa shape index (κ1) is 13.4. The number of nitrogens with zero attached hydrogens (tertiary/aromatic N) is 1. The first-order valence-electron chi connectivity index (χ1n) is 6.19. The molecular weight excluding hydrogens is 248 g/mol. The minimum atomic E-state index is -3.50. The molecule has 18 heavy (non-hydrogen) atoms. The highest BCUT2D eigenvalue weighted by molar-refractivity contribution is 7.89. The molecule has 5 heteroatoms. The van der Waals surface area contributed by atoms with Gasteiger partial charge in [0.2, 0.25) is 10.0 Å². The van der Waals surface area contributed by atoms with Crippen LogP contribution < -0.4 is 5.73 Å². The summed E-state index contributed by atoms with van der Waals surface area (Å²) in [6, 6.07) is 5.22. The van der Waals surface area contributed by atoms with Crippen LogP contribution in [0, 0.1) is 12.8 Å². The molecule has 1 aliphatic carbocycles. The number of hydrogen-bond donors (Lipinski definition) is 1. The second kappa shape index (κ2) is 4.55. The molecule has 1 fully saturated rings. The van der Waals surface area contributed by atoms with Crippen molar-refractivity contribution >= 4 is 15.7 Å². The third kappa shape index (κ3) is 2.24. The van der Waals surface area contributed by atoms with E-state index in [1.807, 2.05) is 6.92 Å². The number of sulfonamides is 1. The van der Waals surface area contributed by atoms with Crippen molar-refractivity contribution in [3.8, 4) is 0 Å². The summed E-state index contributed by atoms with van der Waals surface area (Å²) in [5.74, 6) is 0.495. The Labute approximate surface area is 109 Å². The standard InChI is InChI=1S/C13H20N2O2S/c1-9-5-4-6-12(14)13(9)18(16,17)15(3)10(2)11-7-8-11/h4-6,10-11H,7-8,14H2,1-3H3. The molecule has 1 aliphatic rings. The van der Waals surface area contributed by atoms with Gasteiger partial charge in [-0.05, 0) is 44.2 Å². The zero-order valence-corrected chi connectivity index (χ0v) is 11.9. The van der Waals surface area contributed by atoms with Crippen LogP contribution in [0.2, 0.25) is 0 Å². The molecular formula is C13H20N2O2S. The molecule has 0 aromatic heterocycles. The average molecular weight is 268 g/mol. The summed E-state index contributed by atoms with van der Waals surface area (Å²) in [7, 11) is -1.85. The number of hydrogen-bond acceptors (Lipinski definition) is 3. The Bertz CT molecular complexity index is 530. The van der Waals surface area contributed by atoms with Gasteiger partial charge >= 0.3 is 0 Å². The second-order valence-corrected chi connectivity index (χ2v) is 7.03. The molecule has 1 unspecified atom stereocenters. The Kier molecular flexibility index (Phi) is 3.38. The van der Waals surface area contributed by atoms with Crippen LogP contribution in [0.4, 0.5) is 5.69 Å². The summed E-state index contributed by atoms with van der Waals surface area (Å²) >= 11 is 0. The normalized spacial score (nSPS) is 18.0. The predicted octanol–water partition coefficient (Wildman–Crippen LogP) is 2.00. The SMILES string of the molecule is Cc1cccc(N)c1S(=O)(=O)N(C)C(C)C1CC1. The van der Waals surface area contributed by atoms with Gasteiger partial charge in [0.15, 0.2) is 0 Å². The number of anilines is 1. The lowest BCUT2D eigenvalue weighted by atomic mass is 10.2. The van der Waals surface area contributed by atoms with Crippen LogP contribution in [-0.2, 0) is 10.0 Å². The monoisotopic (exact) mass is 268 g/mol. The summed E-state index contributed by atoms with van der Waals surface area (Å²) in [6.45, 7) is 3.74. The third-order valence-corrected chi connectivity index (χ3v) is 5.92. The van der Waals surface area contributed by atoms with Gasteiger partial charge in [-0.2, -0.15) is 4.31 Å². The minimum Gasteiger partial charge on any atom is -0.398 e. The predicted molar refractivity (Wildman–Crippen MR) is 72.7 cm³/mol. The highest BCUT2D eigenvalue weighted by atomic mass is 32.2. The quantitative estimate of drug-likeness (QED) is 0.849. The Morgan fingerprint density at radius 1 is 1.39 bits per heavy atom. The van der Waals surface area contributed by atoms with Crippen molar-refractivity contribution in [1.82, 2.24) is 4.31 Å². The molecule has 1 atom stereocenters. The Morgan fingerprint density at radius 3 is 2.50 bits per heavy atom. The van der Waals surface area contributed by atoms with Crippen LogP contribution in [0.15, 0.2) is 23.1 Å². The van der Waals surface area contributed by atoms with Gasteiger partial charge in [-0.3, -0.25) is 0 Å². The molecule has 2 N–H and O–H groups in total. The van der Waals surface area contributed by atoms with Gasteiger partial charge < -0.3 is 5.73 Å². The molecule has 4 nitrogen and oxygen atoms in total. The maximum Gasteiger partial charge on any atom is 0.245 e. The van der Waals surface area contributed by atoms with Crippen molar-refractivity contribution in [2.24, 2.45) is 5.92 Å². The van der Waals surface area contributed by atoms with Crippen molar-refractivity contribution in [3.63, 3.8) is 0 Å². The van der Waals surface area contributed by atoms with E-state index >= 15 is 0 Å². The summed E-state index contributed by atoms with van der Waals surface area (Å²) in [6.07, 6.45) is 2.23. The van der Waals surface area contributed by atoms with Crippen molar-refractivity contribution < 1.29 is 8.42 Å². The van der Waals surface area contributed by atoms with Crippen molar-refractivity contribution in [2.75, 3.05) is 12.8 Å². The van der Waals surface area contributed by atoms with Gasteiger partial charge in [0.25, 0.3) is 0 Å². The van der Waals surface area contributed by atoms with E-state index in [1.165, 1.54) is 4.31 Å².